The molecule has 0 saturated carbocycles. The normalized spacial score (nSPS) is 17.1. The lowest BCUT2D eigenvalue weighted by atomic mass is 10.1. The maximum Gasteiger partial charge on any atom is 0.254 e. The Hall–Kier alpha value is -1.19. The van der Waals surface area contributed by atoms with Crippen LogP contribution in [0.1, 0.15) is 49.9 Å². The second kappa shape index (κ2) is 11.3. The molecule has 0 aliphatic carbocycles. The number of carbonyl (C=O) groups excluding carboxylic acids is 1. The van der Waals surface area contributed by atoms with Crippen LogP contribution in [0.4, 0.5) is 0 Å². The zero-order valence-electron chi connectivity index (χ0n) is 17.3. The van der Waals surface area contributed by atoms with Crippen molar-refractivity contribution in [3.8, 4) is 0 Å². The van der Waals surface area contributed by atoms with Gasteiger partial charge in [0.15, 0.2) is 0 Å². The number of hydrogen-bond donors (Lipinski definition) is 1. The lowest BCUT2D eigenvalue weighted by molar-refractivity contribution is 0.0589. The van der Waals surface area contributed by atoms with Gasteiger partial charge in [0, 0.05) is 38.4 Å². The van der Waals surface area contributed by atoms with Gasteiger partial charge in [0.2, 0.25) is 10.0 Å². The molecule has 2 rings (SSSR count). The second-order valence-corrected chi connectivity index (χ2v) is 9.24. The minimum Gasteiger partial charge on any atom is -0.383 e. The van der Waals surface area contributed by atoms with E-state index in [1.807, 2.05) is 13.8 Å². The van der Waals surface area contributed by atoms with Crippen LogP contribution in [0.3, 0.4) is 0 Å². The molecule has 1 N–H and O–H groups in total. The molecule has 1 atom stereocenters. The third-order valence-electron chi connectivity index (χ3n) is 5.17. The van der Waals surface area contributed by atoms with Gasteiger partial charge in [-0.25, -0.2) is 13.1 Å². The lowest BCUT2D eigenvalue weighted by Gasteiger charge is -2.30. The molecule has 0 bridgehead atoms. The lowest BCUT2D eigenvalue weighted by Crippen LogP contribution is -2.42. The van der Waals surface area contributed by atoms with Crippen LogP contribution in [0.2, 0.25) is 5.02 Å². The Morgan fingerprint density at radius 3 is 2.69 bits per heavy atom. The van der Waals surface area contributed by atoms with E-state index in [2.05, 4.69) is 4.72 Å². The minimum absolute atomic E-state index is 0.0472. The number of rotatable bonds is 11. The maximum atomic E-state index is 13.2. The first kappa shape index (κ1) is 24.1. The molecule has 7 nitrogen and oxygen atoms in total. The maximum absolute atomic E-state index is 13.2. The van der Waals surface area contributed by atoms with Crippen molar-refractivity contribution in [1.82, 2.24) is 9.62 Å². The summed E-state index contributed by atoms with van der Waals surface area (Å²) in [6.45, 7) is 5.71. The average molecular weight is 447 g/mol. The van der Waals surface area contributed by atoms with Crippen molar-refractivity contribution >= 4 is 27.5 Å². The Labute approximate surface area is 178 Å². The van der Waals surface area contributed by atoms with Crippen molar-refractivity contribution in [2.24, 2.45) is 0 Å². The van der Waals surface area contributed by atoms with Crippen molar-refractivity contribution in [1.29, 1.82) is 0 Å². The van der Waals surface area contributed by atoms with E-state index >= 15 is 0 Å². The van der Waals surface area contributed by atoms with Gasteiger partial charge in [-0.05, 0) is 43.9 Å². The van der Waals surface area contributed by atoms with Gasteiger partial charge in [0.1, 0.15) is 4.90 Å². The summed E-state index contributed by atoms with van der Waals surface area (Å²) >= 11 is 6.17. The molecule has 1 saturated heterocycles. The first-order chi connectivity index (χ1) is 13.8. The summed E-state index contributed by atoms with van der Waals surface area (Å²) in [4.78, 5) is 14.8. The van der Waals surface area contributed by atoms with Gasteiger partial charge in [0.25, 0.3) is 5.91 Å². The highest BCUT2D eigenvalue weighted by Gasteiger charge is 2.26. The number of halogens is 1. The number of methoxy groups -OCH3 is 1. The van der Waals surface area contributed by atoms with Crippen LogP contribution in [0.15, 0.2) is 23.1 Å². The first-order valence-electron chi connectivity index (χ1n) is 10.0. The summed E-state index contributed by atoms with van der Waals surface area (Å²) in [6.07, 6.45) is 3.21. The van der Waals surface area contributed by atoms with Gasteiger partial charge in [-0.2, -0.15) is 0 Å². The third kappa shape index (κ3) is 6.39. The topological polar surface area (TPSA) is 84.9 Å². The van der Waals surface area contributed by atoms with Crippen LogP contribution in [0.25, 0.3) is 0 Å². The SMILES string of the molecule is CCC(CC)N(CCOC)C(=O)c1ccc(Cl)c(S(=O)(=O)NCC2CCCO2)c1. The summed E-state index contributed by atoms with van der Waals surface area (Å²) in [6, 6.07) is 4.42. The number of nitrogens with one attached hydrogen (secondary N) is 1. The highest BCUT2D eigenvalue weighted by molar-refractivity contribution is 7.89. The van der Waals surface area contributed by atoms with E-state index in [-0.39, 0.29) is 40.1 Å². The van der Waals surface area contributed by atoms with E-state index in [0.717, 1.165) is 25.7 Å². The second-order valence-electron chi connectivity index (χ2n) is 7.09. The van der Waals surface area contributed by atoms with E-state index < -0.39 is 10.0 Å². The zero-order valence-corrected chi connectivity index (χ0v) is 18.9. The summed E-state index contributed by atoms with van der Waals surface area (Å²) in [5.74, 6) is -0.233. The molecule has 1 fully saturated rings. The molecule has 1 heterocycles. The van der Waals surface area contributed by atoms with Gasteiger partial charge < -0.3 is 14.4 Å². The molecule has 1 aliphatic heterocycles. The Balaban J connectivity index is 2.25. The van der Waals surface area contributed by atoms with E-state index in [1.165, 1.54) is 12.1 Å². The molecule has 1 amide bonds. The predicted molar refractivity (Wildman–Crippen MR) is 113 cm³/mol. The van der Waals surface area contributed by atoms with Crippen LogP contribution in [-0.4, -0.2) is 64.8 Å². The number of amides is 1. The van der Waals surface area contributed by atoms with Crippen molar-refractivity contribution in [3.63, 3.8) is 0 Å². The monoisotopic (exact) mass is 446 g/mol. The summed E-state index contributed by atoms with van der Waals surface area (Å²) in [5, 5.41) is 0.0763. The van der Waals surface area contributed by atoms with Crippen LogP contribution in [0, 0.1) is 0 Å². The van der Waals surface area contributed by atoms with Crippen molar-refractivity contribution in [2.75, 3.05) is 33.4 Å². The third-order valence-corrected chi connectivity index (χ3v) is 7.08. The quantitative estimate of drug-likeness (QED) is 0.564. The number of benzene rings is 1. The van der Waals surface area contributed by atoms with E-state index in [4.69, 9.17) is 21.1 Å². The minimum atomic E-state index is -3.87. The highest BCUT2D eigenvalue weighted by atomic mass is 35.5. The average Bonchev–Trinajstić information content (AvgIpc) is 3.23. The van der Waals surface area contributed by atoms with Crippen molar-refractivity contribution in [3.05, 3.63) is 28.8 Å². The van der Waals surface area contributed by atoms with Gasteiger partial charge in [-0.3, -0.25) is 4.79 Å². The van der Waals surface area contributed by atoms with Crippen LogP contribution in [-0.2, 0) is 19.5 Å². The van der Waals surface area contributed by atoms with Gasteiger partial charge in [-0.15, -0.1) is 0 Å². The predicted octanol–water partition coefficient (Wildman–Crippen LogP) is 3.07. The van der Waals surface area contributed by atoms with Crippen LogP contribution in [0.5, 0.6) is 0 Å². The van der Waals surface area contributed by atoms with E-state index in [0.29, 0.717) is 19.8 Å². The molecule has 0 radical (unpaired) electrons. The van der Waals surface area contributed by atoms with E-state index in [1.54, 1.807) is 18.1 Å². The van der Waals surface area contributed by atoms with Gasteiger partial charge in [0.05, 0.1) is 17.7 Å². The summed E-state index contributed by atoms with van der Waals surface area (Å²) in [5.41, 5.74) is 0.287. The van der Waals surface area contributed by atoms with Gasteiger partial charge in [-0.1, -0.05) is 25.4 Å². The molecular formula is C20H31ClN2O5S. The number of nitrogens with zero attached hydrogens (tertiary/aromatic N) is 1. The molecule has 1 aliphatic rings. The Kier molecular flexibility index (Phi) is 9.36. The molecule has 1 aromatic carbocycles. The Bertz CT molecular complexity index is 777. The molecular weight excluding hydrogens is 416 g/mol. The smallest absolute Gasteiger partial charge is 0.254 e. The number of sulfonamides is 1. The molecule has 0 aromatic heterocycles. The summed E-state index contributed by atoms with van der Waals surface area (Å²) < 4.78 is 38.7. The Morgan fingerprint density at radius 1 is 1.38 bits per heavy atom. The van der Waals surface area contributed by atoms with E-state index in [9.17, 15) is 13.2 Å². The molecule has 0 spiro atoms. The van der Waals surface area contributed by atoms with Gasteiger partial charge >= 0.3 is 0 Å². The fraction of sp³-hybridized carbons (Fsp3) is 0.650. The first-order valence-corrected chi connectivity index (χ1v) is 11.9. The van der Waals surface area contributed by atoms with Crippen LogP contribution < -0.4 is 4.72 Å². The largest absolute Gasteiger partial charge is 0.383 e. The zero-order chi connectivity index (χ0) is 21.4. The van der Waals surface area contributed by atoms with Crippen molar-refractivity contribution in [2.45, 2.75) is 56.6 Å². The molecule has 9 heteroatoms. The Morgan fingerprint density at radius 2 is 2.10 bits per heavy atom. The molecule has 1 unspecified atom stereocenters. The standard InChI is InChI=1S/C20H31ClN2O5S/c1-4-16(5-2)23(10-12-27-3)20(24)15-8-9-18(21)19(13-15)29(25,26)22-14-17-7-6-11-28-17/h8-9,13,16-17,22H,4-7,10-12,14H2,1-3H3. The molecule has 1 aromatic rings. The highest BCUT2D eigenvalue weighted by Crippen LogP contribution is 2.25. The fourth-order valence-electron chi connectivity index (χ4n) is 3.46. The molecule has 29 heavy (non-hydrogen) atoms. The van der Waals surface area contributed by atoms with Crippen molar-refractivity contribution < 1.29 is 22.7 Å². The number of hydrogen-bond acceptors (Lipinski definition) is 5. The van der Waals surface area contributed by atoms with Crippen LogP contribution >= 0.6 is 11.6 Å². The molecule has 164 valence electrons. The number of carbonyl (C=O) groups is 1. The fourth-order valence-corrected chi connectivity index (χ4v) is 5.05. The number of ether oxygens (including phenoxy) is 2. The summed E-state index contributed by atoms with van der Waals surface area (Å²) in [7, 11) is -2.28.